The molecule has 1 aromatic carbocycles. The molecular formula is C13H17NO2. The third-order valence-corrected chi connectivity index (χ3v) is 3.61. The number of esters is 1. The number of methoxy groups -OCH3 is 1. The van der Waals surface area contributed by atoms with Crippen molar-refractivity contribution in [3.8, 4) is 0 Å². The Kier molecular flexibility index (Phi) is 2.50. The molecule has 0 unspecified atom stereocenters. The summed E-state index contributed by atoms with van der Waals surface area (Å²) in [6.07, 6.45) is 0. The number of hydrogen-bond acceptors (Lipinski definition) is 3. The summed E-state index contributed by atoms with van der Waals surface area (Å²) < 4.78 is 4.78. The predicted molar refractivity (Wildman–Crippen MR) is 62.3 cm³/mol. The quantitative estimate of drug-likeness (QED) is 0.773. The standard InChI is InChI=1S/C13H17NO2/c1-13(2)10(11(13)14)8-6-4-5-7-9(8)12(15)16-3/h4-7,10-11H,14H2,1-3H3/t10-,11-/m0/s1. The number of hydrogen-bond donors (Lipinski definition) is 1. The summed E-state index contributed by atoms with van der Waals surface area (Å²) >= 11 is 0. The van der Waals surface area contributed by atoms with Crippen LogP contribution in [-0.2, 0) is 4.74 Å². The topological polar surface area (TPSA) is 52.3 Å². The van der Waals surface area contributed by atoms with E-state index in [2.05, 4.69) is 13.8 Å². The van der Waals surface area contributed by atoms with E-state index in [4.69, 9.17) is 10.5 Å². The zero-order valence-corrected chi connectivity index (χ0v) is 9.86. The summed E-state index contributed by atoms with van der Waals surface area (Å²) in [5.74, 6) is -0.0340. The third-order valence-electron chi connectivity index (χ3n) is 3.61. The lowest BCUT2D eigenvalue weighted by Crippen LogP contribution is -2.08. The summed E-state index contributed by atoms with van der Waals surface area (Å²) in [5.41, 5.74) is 7.75. The van der Waals surface area contributed by atoms with Crippen molar-refractivity contribution in [1.82, 2.24) is 0 Å². The largest absolute Gasteiger partial charge is 0.465 e. The van der Waals surface area contributed by atoms with Crippen LogP contribution in [0.15, 0.2) is 24.3 Å². The number of nitrogens with two attached hydrogens (primary N) is 1. The highest BCUT2D eigenvalue weighted by Crippen LogP contribution is 2.57. The normalized spacial score (nSPS) is 26.2. The van der Waals surface area contributed by atoms with Gasteiger partial charge in [0.05, 0.1) is 12.7 Å². The minimum absolute atomic E-state index is 0.0735. The molecule has 0 aliphatic heterocycles. The highest BCUT2D eigenvalue weighted by Gasteiger charge is 2.57. The minimum Gasteiger partial charge on any atom is -0.465 e. The summed E-state index contributed by atoms with van der Waals surface area (Å²) in [4.78, 5) is 11.6. The second-order valence-electron chi connectivity index (χ2n) is 4.90. The average Bonchev–Trinajstić information content (AvgIpc) is 2.77. The molecule has 0 aromatic heterocycles. The maximum Gasteiger partial charge on any atom is 0.338 e. The number of carbonyl (C=O) groups is 1. The Bertz CT molecular complexity index is 426. The fourth-order valence-corrected chi connectivity index (χ4v) is 2.34. The van der Waals surface area contributed by atoms with Crippen LogP contribution in [0.2, 0.25) is 0 Å². The van der Waals surface area contributed by atoms with Crippen molar-refractivity contribution in [2.45, 2.75) is 25.8 Å². The van der Waals surface area contributed by atoms with Crippen molar-refractivity contribution in [3.63, 3.8) is 0 Å². The fourth-order valence-electron chi connectivity index (χ4n) is 2.34. The first kappa shape index (κ1) is 11.1. The van der Waals surface area contributed by atoms with Crippen LogP contribution in [-0.4, -0.2) is 19.1 Å². The molecule has 0 amide bonds. The van der Waals surface area contributed by atoms with Gasteiger partial charge in [-0.3, -0.25) is 0 Å². The van der Waals surface area contributed by atoms with Crippen LogP contribution in [0.1, 0.15) is 35.7 Å². The lowest BCUT2D eigenvalue weighted by atomic mass is 9.98. The summed E-state index contributed by atoms with van der Waals surface area (Å²) in [6.45, 7) is 4.24. The van der Waals surface area contributed by atoms with Crippen molar-refractivity contribution in [3.05, 3.63) is 35.4 Å². The van der Waals surface area contributed by atoms with Gasteiger partial charge in [0.2, 0.25) is 0 Å². The lowest BCUT2D eigenvalue weighted by molar-refractivity contribution is 0.0599. The number of ether oxygens (including phenoxy) is 1. The van der Waals surface area contributed by atoms with Gasteiger partial charge in [-0.25, -0.2) is 4.79 Å². The minimum atomic E-state index is -0.287. The van der Waals surface area contributed by atoms with Crippen LogP contribution < -0.4 is 5.73 Å². The second-order valence-corrected chi connectivity index (χ2v) is 4.90. The third kappa shape index (κ3) is 1.52. The van der Waals surface area contributed by atoms with E-state index < -0.39 is 0 Å². The Morgan fingerprint density at radius 2 is 1.94 bits per heavy atom. The molecule has 0 spiro atoms. The smallest absolute Gasteiger partial charge is 0.338 e. The van der Waals surface area contributed by atoms with Crippen LogP contribution >= 0.6 is 0 Å². The van der Waals surface area contributed by atoms with Crippen molar-refractivity contribution in [1.29, 1.82) is 0 Å². The number of benzene rings is 1. The van der Waals surface area contributed by atoms with Gasteiger partial charge in [0.25, 0.3) is 0 Å². The first-order chi connectivity index (χ1) is 7.50. The van der Waals surface area contributed by atoms with Crippen LogP contribution in [0.3, 0.4) is 0 Å². The predicted octanol–water partition coefficient (Wildman–Crippen LogP) is 1.92. The first-order valence-corrected chi connectivity index (χ1v) is 5.43. The summed E-state index contributed by atoms with van der Waals surface area (Å²) in [7, 11) is 1.40. The molecule has 0 bridgehead atoms. The van der Waals surface area contributed by atoms with Gasteiger partial charge in [-0.1, -0.05) is 32.0 Å². The lowest BCUT2D eigenvalue weighted by Gasteiger charge is -2.08. The molecule has 86 valence electrons. The Morgan fingerprint density at radius 3 is 2.44 bits per heavy atom. The Hall–Kier alpha value is -1.35. The molecule has 2 N–H and O–H groups in total. The molecular weight excluding hydrogens is 202 g/mol. The van der Waals surface area contributed by atoms with Crippen molar-refractivity contribution in [2.24, 2.45) is 11.1 Å². The highest BCUT2D eigenvalue weighted by molar-refractivity contribution is 5.91. The van der Waals surface area contributed by atoms with Gasteiger partial charge < -0.3 is 10.5 Å². The van der Waals surface area contributed by atoms with Crippen LogP contribution in [0, 0.1) is 5.41 Å². The van der Waals surface area contributed by atoms with Gasteiger partial charge in [0, 0.05) is 12.0 Å². The van der Waals surface area contributed by atoms with Crippen molar-refractivity contribution >= 4 is 5.97 Å². The molecule has 16 heavy (non-hydrogen) atoms. The summed E-state index contributed by atoms with van der Waals surface area (Å²) in [5, 5.41) is 0. The van der Waals surface area contributed by atoms with E-state index in [9.17, 15) is 4.79 Å². The maximum absolute atomic E-state index is 11.6. The van der Waals surface area contributed by atoms with E-state index in [1.54, 1.807) is 6.07 Å². The van der Waals surface area contributed by atoms with Crippen LogP contribution in [0.5, 0.6) is 0 Å². The average molecular weight is 219 g/mol. The molecule has 0 saturated heterocycles. The van der Waals surface area contributed by atoms with Crippen LogP contribution in [0.4, 0.5) is 0 Å². The molecule has 0 heterocycles. The zero-order chi connectivity index (χ0) is 11.9. The molecule has 2 rings (SSSR count). The number of carbonyl (C=O) groups excluding carboxylic acids is 1. The van der Waals surface area contributed by atoms with E-state index in [-0.39, 0.29) is 23.3 Å². The van der Waals surface area contributed by atoms with Gasteiger partial charge in [0.15, 0.2) is 0 Å². The van der Waals surface area contributed by atoms with E-state index in [1.807, 2.05) is 18.2 Å². The molecule has 0 radical (unpaired) electrons. The van der Waals surface area contributed by atoms with Crippen molar-refractivity contribution < 1.29 is 9.53 Å². The zero-order valence-electron chi connectivity index (χ0n) is 9.86. The van der Waals surface area contributed by atoms with Gasteiger partial charge >= 0.3 is 5.97 Å². The molecule has 1 aromatic rings. The Morgan fingerprint density at radius 1 is 1.38 bits per heavy atom. The molecule has 3 nitrogen and oxygen atoms in total. The second kappa shape index (κ2) is 3.59. The molecule has 1 fully saturated rings. The number of rotatable bonds is 2. The Labute approximate surface area is 95.6 Å². The van der Waals surface area contributed by atoms with Gasteiger partial charge in [-0.05, 0) is 17.0 Å². The molecule has 1 aliphatic rings. The highest BCUT2D eigenvalue weighted by atomic mass is 16.5. The monoisotopic (exact) mass is 219 g/mol. The fraction of sp³-hybridized carbons (Fsp3) is 0.462. The van der Waals surface area contributed by atoms with Gasteiger partial charge in [0.1, 0.15) is 0 Å². The molecule has 1 saturated carbocycles. The van der Waals surface area contributed by atoms with Crippen LogP contribution in [0.25, 0.3) is 0 Å². The van der Waals surface area contributed by atoms with E-state index >= 15 is 0 Å². The maximum atomic E-state index is 11.6. The van der Waals surface area contributed by atoms with Gasteiger partial charge in [-0.2, -0.15) is 0 Å². The van der Waals surface area contributed by atoms with Crippen molar-refractivity contribution in [2.75, 3.05) is 7.11 Å². The molecule has 3 heteroatoms. The molecule has 1 aliphatic carbocycles. The van der Waals surface area contributed by atoms with Gasteiger partial charge in [-0.15, -0.1) is 0 Å². The SMILES string of the molecule is COC(=O)c1ccccc1[C@H]1[C@H](N)C1(C)C. The first-order valence-electron chi connectivity index (χ1n) is 5.43. The Balaban J connectivity index is 2.39. The summed E-state index contributed by atoms with van der Waals surface area (Å²) in [6, 6.07) is 7.66. The van der Waals surface area contributed by atoms with E-state index in [0.29, 0.717) is 5.56 Å². The van der Waals surface area contributed by atoms with E-state index in [0.717, 1.165) is 5.56 Å². The van der Waals surface area contributed by atoms with E-state index in [1.165, 1.54) is 7.11 Å². The molecule has 2 atom stereocenters.